The van der Waals surface area contributed by atoms with Gasteiger partial charge >= 0.3 is 0 Å². The van der Waals surface area contributed by atoms with Crippen molar-refractivity contribution in [2.45, 2.75) is 19.8 Å². The van der Waals surface area contributed by atoms with Crippen LogP contribution in [0.15, 0.2) is 36.7 Å². The van der Waals surface area contributed by atoms with Crippen molar-refractivity contribution in [2.24, 2.45) is 0 Å². The molecule has 0 N–H and O–H groups in total. The Morgan fingerprint density at radius 2 is 1.92 bits per heavy atom. The smallest absolute Gasteiger partial charge is 0.225 e. The lowest BCUT2D eigenvalue weighted by molar-refractivity contribution is -0.131. The molecule has 1 saturated heterocycles. The average Bonchev–Trinajstić information content (AvgIpc) is 2.68. The van der Waals surface area contributed by atoms with Crippen molar-refractivity contribution in [3.8, 4) is 5.75 Å². The molecule has 1 aliphatic heterocycles. The van der Waals surface area contributed by atoms with E-state index in [1.54, 1.807) is 18.5 Å². The predicted molar refractivity (Wildman–Crippen MR) is 102 cm³/mol. The zero-order valence-corrected chi connectivity index (χ0v) is 15.7. The Hall–Kier alpha value is -2.34. The minimum Gasteiger partial charge on any atom is -0.494 e. The highest BCUT2D eigenvalue weighted by molar-refractivity contribution is 6.31. The van der Waals surface area contributed by atoms with E-state index in [1.165, 1.54) is 0 Å². The summed E-state index contributed by atoms with van der Waals surface area (Å²) in [6.45, 7) is 5.39. The molecular formula is C19H23ClN4O2. The summed E-state index contributed by atoms with van der Waals surface area (Å²) in [5.41, 5.74) is 0.987. The first-order valence-corrected chi connectivity index (χ1v) is 9.20. The van der Waals surface area contributed by atoms with Crippen LogP contribution < -0.4 is 9.64 Å². The van der Waals surface area contributed by atoms with E-state index in [-0.39, 0.29) is 5.91 Å². The highest BCUT2D eigenvalue weighted by Gasteiger charge is 2.21. The monoisotopic (exact) mass is 374 g/mol. The molecule has 0 bridgehead atoms. The van der Waals surface area contributed by atoms with Crippen molar-refractivity contribution in [1.82, 2.24) is 14.9 Å². The Kier molecular flexibility index (Phi) is 6.28. The number of nitrogens with zero attached hydrogens (tertiary/aromatic N) is 4. The van der Waals surface area contributed by atoms with Crippen LogP contribution in [-0.4, -0.2) is 53.6 Å². The molecule has 3 rings (SSSR count). The van der Waals surface area contributed by atoms with Gasteiger partial charge in [0.1, 0.15) is 5.75 Å². The summed E-state index contributed by atoms with van der Waals surface area (Å²) in [6.07, 6.45) is 4.67. The SMILES string of the molecule is Cc1cc(OCCCC(=O)N2CCN(c3ncccn3)CC2)ccc1Cl. The fourth-order valence-electron chi connectivity index (χ4n) is 2.89. The van der Waals surface area contributed by atoms with E-state index >= 15 is 0 Å². The fraction of sp³-hybridized carbons (Fsp3) is 0.421. The van der Waals surface area contributed by atoms with E-state index in [0.29, 0.717) is 32.5 Å². The predicted octanol–water partition coefficient (Wildman–Crippen LogP) is 2.95. The molecule has 1 aromatic heterocycles. The van der Waals surface area contributed by atoms with Crippen LogP contribution in [0, 0.1) is 6.92 Å². The summed E-state index contributed by atoms with van der Waals surface area (Å²) in [4.78, 5) is 24.9. The molecule has 0 radical (unpaired) electrons. The number of anilines is 1. The van der Waals surface area contributed by atoms with Crippen LogP contribution >= 0.6 is 11.6 Å². The number of benzene rings is 1. The first kappa shape index (κ1) is 18.5. The van der Waals surface area contributed by atoms with Gasteiger partial charge in [0.25, 0.3) is 0 Å². The Balaban J connectivity index is 1.37. The third-order valence-corrected chi connectivity index (χ3v) is 4.82. The maximum Gasteiger partial charge on any atom is 0.225 e. The number of carbonyl (C=O) groups is 1. The van der Waals surface area contributed by atoms with Crippen molar-refractivity contribution < 1.29 is 9.53 Å². The summed E-state index contributed by atoms with van der Waals surface area (Å²) in [7, 11) is 0. The van der Waals surface area contributed by atoms with Gasteiger partial charge in [-0.3, -0.25) is 4.79 Å². The third-order valence-electron chi connectivity index (χ3n) is 4.40. The third kappa shape index (κ3) is 4.85. The molecule has 1 fully saturated rings. The number of piperazine rings is 1. The number of aromatic nitrogens is 2. The second-order valence-electron chi connectivity index (χ2n) is 6.28. The summed E-state index contributed by atoms with van der Waals surface area (Å²) >= 11 is 6.00. The van der Waals surface area contributed by atoms with Crippen LogP contribution in [-0.2, 0) is 4.79 Å². The van der Waals surface area contributed by atoms with Gasteiger partial charge in [-0.1, -0.05) is 11.6 Å². The van der Waals surface area contributed by atoms with Gasteiger partial charge in [0.15, 0.2) is 0 Å². The first-order valence-electron chi connectivity index (χ1n) is 8.82. The van der Waals surface area contributed by atoms with E-state index in [4.69, 9.17) is 16.3 Å². The van der Waals surface area contributed by atoms with Gasteiger partial charge in [-0.2, -0.15) is 0 Å². The van der Waals surface area contributed by atoms with Gasteiger partial charge in [0.05, 0.1) is 6.61 Å². The number of aryl methyl sites for hydroxylation is 1. The van der Waals surface area contributed by atoms with Crippen molar-refractivity contribution in [1.29, 1.82) is 0 Å². The maximum absolute atomic E-state index is 12.4. The second-order valence-corrected chi connectivity index (χ2v) is 6.69. The molecule has 26 heavy (non-hydrogen) atoms. The molecule has 0 aliphatic carbocycles. The van der Waals surface area contributed by atoms with Gasteiger partial charge in [-0.15, -0.1) is 0 Å². The lowest BCUT2D eigenvalue weighted by Crippen LogP contribution is -2.49. The average molecular weight is 375 g/mol. The van der Waals surface area contributed by atoms with Crippen molar-refractivity contribution >= 4 is 23.5 Å². The summed E-state index contributed by atoms with van der Waals surface area (Å²) in [6, 6.07) is 7.39. The standard InChI is InChI=1S/C19H23ClN4O2/c1-15-14-16(5-6-17(15)20)26-13-2-4-18(25)23-9-11-24(12-10-23)19-21-7-3-8-22-19/h3,5-8,14H,2,4,9-13H2,1H3. The summed E-state index contributed by atoms with van der Waals surface area (Å²) < 4.78 is 5.70. The van der Waals surface area contributed by atoms with Crippen LogP contribution in [0.5, 0.6) is 5.75 Å². The molecule has 6 nitrogen and oxygen atoms in total. The van der Waals surface area contributed by atoms with E-state index in [2.05, 4.69) is 14.9 Å². The first-order chi connectivity index (χ1) is 12.6. The maximum atomic E-state index is 12.4. The summed E-state index contributed by atoms with van der Waals surface area (Å²) in [5.74, 6) is 1.69. The molecule has 2 aromatic rings. The molecule has 0 atom stereocenters. The molecule has 138 valence electrons. The normalized spacial score (nSPS) is 14.4. The van der Waals surface area contributed by atoms with E-state index in [0.717, 1.165) is 35.4 Å². The Labute approximate surface area is 158 Å². The highest BCUT2D eigenvalue weighted by Crippen LogP contribution is 2.21. The molecule has 7 heteroatoms. The topological polar surface area (TPSA) is 58.6 Å². The second kappa shape index (κ2) is 8.85. The van der Waals surface area contributed by atoms with Crippen LogP contribution in [0.3, 0.4) is 0 Å². The number of carbonyl (C=O) groups excluding carboxylic acids is 1. The van der Waals surface area contributed by atoms with Crippen LogP contribution in [0.25, 0.3) is 0 Å². The van der Waals surface area contributed by atoms with E-state index in [1.807, 2.05) is 30.0 Å². The lowest BCUT2D eigenvalue weighted by Gasteiger charge is -2.34. The van der Waals surface area contributed by atoms with Gasteiger partial charge in [-0.25, -0.2) is 9.97 Å². The van der Waals surface area contributed by atoms with Crippen LogP contribution in [0.4, 0.5) is 5.95 Å². The van der Waals surface area contributed by atoms with Crippen molar-refractivity contribution in [3.05, 3.63) is 47.2 Å². The van der Waals surface area contributed by atoms with Crippen LogP contribution in [0.2, 0.25) is 5.02 Å². The minimum atomic E-state index is 0.175. The minimum absolute atomic E-state index is 0.175. The molecule has 2 heterocycles. The number of amides is 1. The quantitative estimate of drug-likeness (QED) is 0.727. The number of rotatable bonds is 6. The highest BCUT2D eigenvalue weighted by atomic mass is 35.5. The molecular weight excluding hydrogens is 352 g/mol. The van der Waals surface area contributed by atoms with Crippen molar-refractivity contribution in [2.75, 3.05) is 37.7 Å². The number of halogens is 1. The number of hydrogen-bond acceptors (Lipinski definition) is 5. The summed E-state index contributed by atoms with van der Waals surface area (Å²) in [5, 5.41) is 0.729. The fourth-order valence-corrected chi connectivity index (χ4v) is 3.01. The Morgan fingerprint density at radius 1 is 1.19 bits per heavy atom. The number of hydrogen-bond donors (Lipinski definition) is 0. The molecule has 1 aromatic carbocycles. The van der Waals surface area contributed by atoms with E-state index < -0.39 is 0 Å². The largest absolute Gasteiger partial charge is 0.494 e. The van der Waals surface area contributed by atoms with Gasteiger partial charge in [0.2, 0.25) is 11.9 Å². The lowest BCUT2D eigenvalue weighted by atomic mass is 10.2. The van der Waals surface area contributed by atoms with Gasteiger partial charge in [0, 0.05) is 50.0 Å². The van der Waals surface area contributed by atoms with Crippen molar-refractivity contribution in [3.63, 3.8) is 0 Å². The number of ether oxygens (including phenoxy) is 1. The Bertz CT molecular complexity index is 734. The van der Waals surface area contributed by atoms with Gasteiger partial charge < -0.3 is 14.5 Å². The zero-order chi connectivity index (χ0) is 18.4. The molecule has 0 unspecified atom stereocenters. The van der Waals surface area contributed by atoms with Crippen LogP contribution in [0.1, 0.15) is 18.4 Å². The molecule has 1 amide bonds. The molecule has 0 spiro atoms. The zero-order valence-electron chi connectivity index (χ0n) is 14.9. The van der Waals surface area contributed by atoms with Gasteiger partial charge in [-0.05, 0) is 43.2 Å². The van der Waals surface area contributed by atoms with E-state index in [9.17, 15) is 4.79 Å². The molecule has 1 aliphatic rings. The Morgan fingerprint density at radius 3 is 2.62 bits per heavy atom. The molecule has 0 saturated carbocycles.